The van der Waals surface area contributed by atoms with Crippen molar-refractivity contribution in [2.24, 2.45) is 0 Å². The standard InChI is InChI=1S/C20H25N7O2S/c21-7-1-9-26-10-5-14(6-11-26)27-18(13-24-30(28,29)15-2-3-15)25-17-12-23-20-16(19(17)27)4-8-22-20/h4,8,12,14-15,24H,1-3,5-6,9-11,13H2,(H,22,23). The number of nitrogens with zero attached hydrogens (tertiary/aromatic N) is 5. The molecule has 2 aliphatic rings. The minimum Gasteiger partial charge on any atom is -0.346 e. The first-order valence-corrected chi connectivity index (χ1v) is 12.0. The number of aromatic nitrogens is 4. The van der Waals surface area contributed by atoms with Gasteiger partial charge in [-0.3, -0.25) is 0 Å². The first-order chi connectivity index (χ1) is 14.6. The summed E-state index contributed by atoms with van der Waals surface area (Å²) in [6.45, 7) is 2.82. The largest absolute Gasteiger partial charge is 0.346 e. The number of piperidine rings is 1. The molecule has 0 atom stereocenters. The van der Waals surface area contributed by atoms with Gasteiger partial charge >= 0.3 is 0 Å². The van der Waals surface area contributed by atoms with Crippen LogP contribution in [0.1, 0.15) is 44.0 Å². The van der Waals surface area contributed by atoms with Crippen LogP contribution in [-0.2, 0) is 16.6 Å². The molecule has 0 unspecified atom stereocenters. The van der Waals surface area contributed by atoms with E-state index in [4.69, 9.17) is 10.2 Å². The van der Waals surface area contributed by atoms with Gasteiger partial charge in [0.1, 0.15) is 17.0 Å². The smallest absolute Gasteiger partial charge is 0.214 e. The fourth-order valence-electron chi connectivity index (χ4n) is 4.43. The Morgan fingerprint density at radius 1 is 1.27 bits per heavy atom. The number of hydrogen-bond acceptors (Lipinski definition) is 6. The molecule has 1 saturated heterocycles. The van der Waals surface area contributed by atoms with Gasteiger partial charge in [0.05, 0.1) is 29.6 Å². The van der Waals surface area contributed by atoms with Crippen molar-refractivity contribution in [2.75, 3.05) is 19.6 Å². The van der Waals surface area contributed by atoms with Crippen LogP contribution in [0.4, 0.5) is 0 Å². The number of imidazole rings is 1. The summed E-state index contributed by atoms with van der Waals surface area (Å²) < 4.78 is 29.8. The normalized spacial score (nSPS) is 18.9. The summed E-state index contributed by atoms with van der Waals surface area (Å²) in [6, 6.07) is 4.45. The third kappa shape index (κ3) is 3.57. The fourth-order valence-corrected chi connectivity index (χ4v) is 5.75. The van der Waals surface area contributed by atoms with Gasteiger partial charge in [-0.25, -0.2) is 23.1 Å². The SMILES string of the molecule is N#CCCN1CCC(n2c(CNS(=O)(=O)C3CC3)nc3cnc4[nH]ccc4c32)CC1. The molecule has 2 N–H and O–H groups in total. The number of nitrogens with one attached hydrogen (secondary N) is 2. The monoisotopic (exact) mass is 427 g/mol. The minimum absolute atomic E-state index is 0.189. The van der Waals surface area contributed by atoms with E-state index in [9.17, 15) is 8.42 Å². The second kappa shape index (κ2) is 7.65. The Balaban J connectivity index is 1.49. The maximum Gasteiger partial charge on any atom is 0.214 e. The Morgan fingerprint density at radius 2 is 2.07 bits per heavy atom. The van der Waals surface area contributed by atoms with Gasteiger partial charge in [0.15, 0.2) is 0 Å². The highest BCUT2D eigenvalue weighted by molar-refractivity contribution is 7.90. The maximum atomic E-state index is 12.4. The fraction of sp³-hybridized carbons (Fsp3) is 0.550. The highest BCUT2D eigenvalue weighted by Crippen LogP contribution is 2.33. The number of pyridine rings is 1. The molecular formula is C20H25N7O2S. The first kappa shape index (κ1) is 19.5. The average molecular weight is 428 g/mol. The van der Waals surface area contributed by atoms with Crippen molar-refractivity contribution in [2.45, 2.75) is 49.9 Å². The predicted octanol–water partition coefficient (Wildman–Crippen LogP) is 2.04. The molecule has 1 aliphatic heterocycles. The highest BCUT2D eigenvalue weighted by atomic mass is 32.2. The number of hydrogen-bond donors (Lipinski definition) is 2. The molecule has 9 nitrogen and oxygen atoms in total. The van der Waals surface area contributed by atoms with E-state index in [1.807, 2.05) is 12.3 Å². The summed E-state index contributed by atoms with van der Waals surface area (Å²) in [5.74, 6) is 0.736. The zero-order valence-corrected chi connectivity index (χ0v) is 17.5. The van der Waals surface area contributed by atoms with E-state index in [0.717, 1.165) is 73.2 Å². The Kier molecular flexibility index (Phi) is 4.97. The zero-order valence-electron chi connectivity index (χ0n) is 16.7. The van der Waals surface area contributed by atoms with Crippen LogP contribution in [0, 0.1) is 11.3 Å². The average Bonchev–Trinajstić information content (AvgIpc) is 3.40. The summed E-state index contributed by atoms with van der Waals surface area (Å²) in [6.07, 6.45) is 7.52. The van der Waals surface area contributed by atoms with Crippen LogP contribution < -0.4 is 4.72 Å². The van der Waals surface area contributed by atoms with Gasteiger partial charge in [-0.1, -0.05) is 0 Å². The van der Waals surface area contributed by atoms with E-state index in [2.05, 4.69) is 30.2 Å². The highest BCUT2D eigenvalue weighted by Gasteiger charge is 2.36. The molecule has 0 aromatic carbocycles. The van der Waals surface area contributed by atoms with Crippen molar-refractivity contribution >= 4 is 32.1 Å². The van der Waals surface area contributed by atoms with Crippen molar-refractivity contribution in [3.05, 3.63) is 24.3 Å². The van der Waals surface area contributed by atoms with Crippen LogP contribution in [0.15, 0.2) is 18.5 Å². The van der Waals surface area contributed by atoms with Gasteiger partial charge in [-0.05, 0) is 31.7 Å². The summed E-state index contributed by atoms with van der Waals surface area (Å²) in [5.41, 5.74) is 2.60. The Labute approximate surface area is 175 Å². The van der Waals surface area contributed by atoms with Gasteiger partial charge in [0, 0.05) is 43.7 Å². The van der Waals surface area contributed by atoms with Crippen molar-refractivity contribution in [1.29, 1.82) is 5.26 Å². The molecule has 0 bridgehead atoms. The quantitative estimate of drug-likeness (QED) is 0.595. The van der Waals surface area contributed by atoms with Crippen LogP contribution in [0.5, 0.6) is 0 Å². The Morgan fingerprint density at radius 3 is 2.80 bits per heavy atom. The summed E-state index contributed by atoms with van der Waals surface area (Å²) in [5, 5.41) is 9.60. The van der Waals surface area contributed by atoms with Gasteiger partial charge < -0.3 is 14.5 Å². The zero-order chi connectivity index (χ0) is 20.7. The Bertz CT molecular complexity index is 1210. The molecule has 0 radical (unpaired) electrons. The number of aromatic amines is 1. The van der Waals surface area contributed by atoms with Crippen LogP contribution in [0.2, 0.25) is 0 Å². The lowest BCUT2D eigenvalue weighted by molar-refractivity contribution is 0.190. The summed E-state index contributed by atoms with van der Waals surface area (Å²) >= 11 is 0. The third-order valence-electron chi connectivity index (χ3n) is 6.16. The topological polar surface area (TPSA) is 120 Å². The molecule has 30 heavy (non-hydrogen) atoms. The van der Waals surface area contributed by atoms with Gasteiger partial charge in [0.2, 0.25) is 10.0 Å². The van der Waals surface area contributed by atoms with Crippen LogP contribution in [0.25, 0.3) is 22.1 Å². The molecule has 4 heterocycles. The number of fused-ring (bicyclic) bond motifs is 3. The number of nitriles is 1. The van der Waals surface area contributed by atoms with Crippen LogP contribution in [-0.4, -0.2) is 57.7 Å². The maximum absolute atomic E-state index is 12.4. The molecule has 1 saturated carbocycles. The molecule has 0 spiro atoms. The third-order valence-corrected chi connectivity index (χ3v) is 8.06. The van der Waals surface area contributed by atoms with E-state index >= 15 is 0 Å². The van der Waals surface area contributed by atoms with E-state index in [0.29, 0.717) is 6.42 Å². The van der Waals surface area contributed by atoms with Crippen LogP contribution >= 0.6 is 0 Å². The molecular weight excluding hydrogens is 402 g/mol. The van der Waals surface area contributed by atoms with E-state index < -0.39 is 10.0 Å². The van der Waals surface area contributed by atoms with Crippen molar-refractivity contribution in [3.63, 3.8) is 0 Å². The van der Waals surface area contributed by atoms with E-state index in [1.54, 1.807) is 6.20 Å². The van der Waals surface area contributed by atoms with Crippen molar-refractivity contribution in [3.8, 4) is 6.07 Å². The predicted molar refractivity (Wildman–Crippen MR) is 113 cm³/mol. The second-order valence-electron chi connectivity index (χ2n) is 8.18. The summed E-state index contributed by atoms with van der Waals surface area (Å²) in [4.78, 5) is 14.7. The lowest BCUT2D eigenvalue weighted by Crippen LogP contribution is -2.36. The molecule has 5 rings (SSSR count). The van der Waals surface area contributed by atoms with Crippen molar-refractivity contribution < 1.29 is 8.42 Å². The van der Waals surface area contributed by atoms with Crippen molar-refractivity contribution in [1.82, 2.24) is 29.1 Å². The Hall–Kier alpha value is -2.48. The number of sulfonamides is 1. The number of rotatable bonds is 7. The lowest BCUT2D eigenvalue weighted by atomic mass is 10.0. The van der Waals surface area contributed by atoms with E-state index in [-0.39, 0.29) is 17.8 Å². The minimum atomic E-state index is -3.28. The van der Waals surface area contributed by atoms with Gasteiger partial charge in [-0.15, -0.1) is 0 Å². The molecule has 10 heteroatoms. The van der Waals surface area contributed by atoms with Crippen LogP contribution in [0.3, 0.4) is 0 Å². The summed E-state index contributed by atoms with van der Waals surface area (Å²) in [7, 11) is -3.28. The molecule has 1 aliphatic carbocycles. The first-order valence-electron chi connectivity index (χ1n) is 10.5. The lowest BCUT2D eigenvalue weighted by Gasteiger charge is -2.33. The molecule has 158 valence electrons. The molecule has 3 aromatic rings. The second-order valence-corrected chi connectivity index (χ2v) is 10.2. The molecule has 3 aromatic heterocycles. The van der Waals surface area contributed by atoms with Gasteiger partial charge in [-0.2, -0.15) is 5.26 Å². The molecule has 0 amide bonds. The van der Waals surface area contributed by atoms with Gasteiger partial charge in [0.25, 0.3) is 0 Å². The number of likely N-dealkylation sites (tertiary alicyclic amines) is 1. The molecule has 2 fully saturated rings. The van der Waals surface area contributed by atoms with E-state index in [1.165, 1.54) is 0 Å². The number of H-pyrrole nitrogens is 1.